The SMILES string of the molecule is CCN1CCN(c2ccc3c(c2)OC(=O)C(c2cccc(OC)n2)C3)CC1. The van der Waals surface area contributed by atoms with Crippen molar-refractivity contribution in [2.24, 2.45) is 0 Å². The molecule has 0 amide bonds. The van der Waals surface area contributed by atoms with Crippen LogP contribution in [-0.4, -0.2) is 55.7 Å². The van der Waals surface area contributed by atoms with Crippen LogP contribution in [0.1, 0.15) is 24.1 Å². The number of aromatic nitrogens is 1. The van der Waals surface area contributed by atoms with Crippen LogP contribution in [0.15, 0.2) is 36.4 Å². The minimum absolute atomic E-state index is 0.254. The fourth-order valence-electron chi connectivity index (χ4n) is 3.77. The lowest BCUT2D eigenvalue weighted by Crippen LogP contribution is -2.46. The van der Waals surface area contributed by atoms with Crippen molar-refractivity contribution in [2.45, 2.75) is 19.3 Å². The number of pyridine rings is 1. The summed E-state index contributed by atoms with van der Waals surface area (Å²) < 4.78 is 10.9. The molecule has 27 heavy (non-hydrogen) atoms. The second kappa shape index (κ2) is 7.56. The molecule has 2 aliphatic heterocycles. The van der Waals surface area contributed by atoms with Gasteiger partial charge in [0, 0.05) is 44.0 Å². The summed E-state index contributed by atoms with van der Waals surface area (Å²) in [5, 5.41) is 0. The molecule has 0 bridgehead atoms. The number of anilines is 1. The highest BCUT2D eigenvalue weighted by atomic mass is 16.5. The van der Waals surface area contributed by atoms with Crippen LogP contribution in [0.4, 0.5) is 5.69 Å². The molecular weight excluding hydrogens is 342 g/mol. The summed E-state index contributed by atoms with van der Waals surface area (Å²) in [5.41, 5.74) is 2.85. The monoisotopic (exact) mass is 367 g/mol. The van der Waals surface area contributed by atoms with Gasteiger partial charge in [-0.3, -0.25) is 4.79 Å². The largest absolute Gasteiger partial charge is 0.481 e. The first-order valence-electron chi connectivity index (χ1n) is 9.51. The molecule has 1 unspecified atom stereocenters. The summed E-state index contributed by atoms with van der Waals surface area (Å²) in [6.45, 7) is 7.42. The first kappa shape index (κ1) is 17.8. The van der Waals surface area contributed by atoms with Crippen LogP contribution in [0.5, 0.6) is 11.6 Å². The summed E-state index contributed by atoms with van der Waals surface area (Å²) in [5.74, 6) is 0.532. The molecular formula is C21H25N3O3. The predicted molar refractivity (Wildman–Crippen MR) is 104 cm³/mol. The van der Waals surface area contributed by atoms with E-state index in [9.17, 15) is 4.79 Å². The quantitative estimate of drug-likeness (QED) is 0.611. The van der Waals surface area contributed by atoms with E-state index in [4.69, 9.17) is 9.47 Å². The molecule has 0 spiro atoms. The molecule has 2 aliphatic rings. The first-order valence-corrected chi connectivity index (χ1v) is 9.51. The van der Waals surface area contributed by atoms with Gasteiger partial charge in [0.2, 0.25) is 5.88 Å². The highest BCUT2D eigenvalue weighted by molar-refractivity contribution is 5.83. The zero-order valence-electron chi connectivity index (χ0n) is 15.9. The summed E-state index contributed by atoms with van der Waals surface area (Å²) in [6, 6.07) is 11.7. The summed E-state index contributed by atoms with van der Waals surface area (Å²) in [6.07, 6.45) is 0.595. The number of carbonyl (C=O) groups is 1. The molecule has 1 aromatic carbocycles. The van der Waals surface area contributed by atoms with Crippen molar-refractivity contribution in [3.63, 3.8) is 0 Å². The highest BCUT2D eigenvalue weighted by Crippen LogP contribution is 2.36. The standard InChI is InChI=1S/C21H25N3O3/c1-3-23-9-11-24(12-10-23)16-8-7-15-13-17(21(25)27-19(15)14-16)18-5-4-6-20(22-18)26-2/h4-8,14,17H,3,9-13H2,1-2H3. The number of likely N-dealkylation sites (N-methyl/N-ethyl adjacent to an activating group) is 1. The lowest BCUT2D eigenvalue weighted by molar-refractivity contribution is -0.137. The molecule has 3 heterocycles. The van der Waals surface area contributed by atoms with E-state index in [1.807, 2.05) is 18.2 Å². The molecule has 6 nitrogen and oxygen atoms in total. The second-order valence-corrected chi connectivity index (χ2v) is 7.00. The Kier molecular flexibility index (Phi) is 4.99. The summed E-state index contributed by atoms with van der Waals surface area (Å²) in [7, 11) is 1.57. The van der Waals surface area contributed by atoms with Crippen molar-refractivity contribution in [3.8, 4) is 11.6 Å². The third-order valence-electron chi connectivity index (χ3n) is 5.47. The number of esters is 1. The molecule has 6 heteroatoms. The molecule has 1 atom stereocenters. The normalized spacial score (nSPS) is 20.1. The minimum atomic E-state index is -0.397. The van der Waals surface area contributed by atoms with Crippen LogP contribution in [-0.2, 0) is 11.2 Å². The topological polar surface area (TPSA) is 54.9 Å². The number of fused-ring (bicyclic) bond motifs is 1. The van der Waals surface area contributed by atoms with Crippen molar-refractivity contribution in [1.82, 2.24) is 9.88 Å². The lowest BCUT2D eigenvalue weighted by Gasteiger charge is -2.36. The van der Waals surface area contributed by atoms with Crippen LogP contribution in [0.2, 0.25) is 0 Å². The van der Waals surface area contributed by atoms with E-state index in [1.165, 1.54) is 0 Å². The van der Waals surface area contributed by atoms with E-state index >= 15 is 0 Å². The number of ether oxygens (including phenoxy) is 2. The van der Waals surface area contributed by atoms with E-state index in [-0.39, 0.29) is 5.97 Å². The third kappa shape index (κ3) is 3.62. The molecule has 4 rings (SSSR count). The van der Waals surface area contributed by atoms with Gasteiger partial charge in [0.1, 0.15) is 11.7 Å². The van der Waals surface area contributed by atoms with Crippen LogP contribution in [0, 0.1) is 0 Å². The molecule has 0 N–H and O–H groups in total. The van der Waals surface area contributed by atoms with Crippen molar-refractivity contribution < 1.29 is 14.3 Å². The Balaban J connectivity index is 1.53. The number of rotatable bonds is 4. The molecule has 0 aliphatic carbocycles. The maximum absolute atomic E-state index is 12.6. The maximum Gasteiger partial charge on any atom is 0.320 e. The molecule has 1 saturated heterocycles. The second-order valence-electron chi connectivity index (χ2n) is 7.00. The van der Waals surface area contributed by atoms with Gasteiger partial charge < -0.3 is 19.3 Å². The Labute approximate surface area is 159 Å². The average Bonchev–Trinajstić information content (AvgIpc) is 2.73. The first-order chi connectivity index (χ1) is 13.2. The Morgan fingerprint density at radius 1 is 1.19 bits per heavy atom. The number of hydrogen-bond donors (Lipinski definition) is 0. The van der Waals surface area contributed by atoms with Crippen LogP contribution in [0.3, 0.4) is 0 Å². The molecule has 1 aromatic heterocycles. The van der Waals surface area contributed by atoms with Crippen molar-refractivity contribution in [2.75, 3.05) is 44.7 Å². The van der Waals surface area contributed by atoms with Gasteiger partial charge in [-0.05, 0) is 30.7 Å². The summed E-state index contributed by atoms with van der Waals surface area (Å²) >= 11 is 0. The number of carbonyl (C=O) groups excluding carboxylic acids is 1. The molecule has 142 valence electrons. The highest BCUT2D eigenvalue weighted by Gasteiger charge is 2.31. The van der Waals surface area contributed by atoms with Gasteiger partial charge in [0.05, 0.1) is 12.8 Å². The number of hydrogen-bond acceptors (Lipinski definition) is 6. The fourth-order valence-corrected chi connectivity index (χ4v) is 3.77. The molecule has 1 fully saturated rings. The zero-order valence-corrected chi connectivity index (χ0v) is 15.9. The van der Waals surface area contributed by atoms with Gasteiger partial charge in [-0.15, -0.1) is 0 Å². The number of methoxy groups -OCH3 is 1. The fraction of sp³-hybridized carbons (Fsp3) is 0.429. The lowest BCUT2D eigenvalue weighted by atomic mass is 9.92. The van der Waals surface area contributed by atoms with Gasteiger partial charge >= 0.3 is 5.97 Å². The Morgan fingerprint density at radius 2 is 2.00 bits per heavy atom. The van der Waals surface area contributed by atoms with Gasteiger partial charge in [-0.1, -0.05) is 19.1 Å². The smallest absolute Gasteiger partial charge is 0.320 e. The molecule has 2 aromatic rings. The van der Waals surface area contributed by atoms with Crippen molar-refractivity contribution in [3.05, 3.63) is 47.7 Å². The van der Waals surface area contributed by atoms with Crippen LogP contribution in [0.25, 0.3) is 0 Å². The average molecular weight is 367 g/mol. The van der Waals surface area contributed by atoms with Crippen molar-refractivity contribution >= 4 is 11.7 Å². The van der Waals surface area contributed by atoms with Gasteiger partial charge in [0.15, 0.2) is 0 Å². The Bertz CT molecular complexity index is 831. The van der Waals surface area contributed by atoms with E-state index in [0.717, 1.165) is 44.0 Å². The zero-order chi connectivity index (χ0) is 18.8. The predicted octanol–water partition coefficient (Wildman–Crippen LogP) is 2.48. The summed E-state index contributed by atoms with van der Waals surface area (Å²) in [4.78, 5) is 21.8. The van der Waals surface area contributed by atoms with E-state index in [1.54, 1.807) is 13.2 Å². The number of benzene rings is 1. The van der Waals surface area contributed by atoms with Gasteiger partial charge in [-0.25, -0.2) is 4.98 Å². The minimum Gasteiger partial charge on any atom is -0.481 e. The van der Waals surface area contributed by atoms with E-state index in [0.29, 0.717) is 23.7 Å². The van der Waals surface area contributed by atoms with Crippen LogP contribution < -0.4 is 14.4 Å². The maximum atomic E-state index is 12.6. The Hall–Kier alpha value is -2.60. The van der Waals surface area contributed by atoms with E-state index < -0.39 is 5.92 Å². The molecule has 0 radical (unpaired) electrons. The molecule has 0 saturated carbocycles. The van der Waals surface area contributed by atoms with Gasteiger partial charge in [0.25, 0.3) is 0 Å². The van der Waals surface area contributed by atoms with E-state index in [2.05, 4.69) is 33.8 Å². The third-order valence-corrected chi connectivity index (χ3v) is 5.47. The Morgan fingerprint density at radius 3 is 2.74 bits per heavy atom. The van der Waals surface area contributed by atoms with Gasteiger partial charge in [-0.2, -0.15) is 0 Å². The number of piperazine rings is 1. The van der Waals surface area contributed by atoms with Crippen molar-refractivity contribution in [1.29, 1.82) is 0 Å². The number of nitrogens with zero attached hydrogens (tertiary/aromatic N) is 3. The van der Waals surface area contributed by atoms with Crippen LogP contribution >= 0.6 is 0 Å².